The molecule has 0 saturated heterocycles. The molecule has 0 atom stereocenters. The number of hydrogen-bond acceptors (Lipinski definition) is 3. The second-order valence-corrected chi connectivity index (χ2v) is 5.61. The Morgan fingerprint density at radius 3 is 2.39 bits per heavy atom. The molecule has 0 saturated carbocycles. The number of carboxylic acids is 1. The molecule has 2 aromatic rings. The first kappa shape index (κ1) is 17.4. The number of anilines is 1. The van der Waals surface area contributed by atoms with Crippen LogP contribution in [0.3, 0.4) is 0 Å². The molecule has 0 spiro atoms. The summed E-state index contributed by atoms with van der Waals surface area (Å²) < 4.78 is 5.27. The Labute approximate surface area is 146 Å². The van der Waals surface area contributed by atoms with Gasteiger partial charge in [-0.05, 0) is 18.2 Å². The van der Waals surface area contributed by atoms with Crippen molar-refractivity contribution in [3.8, 4) is 5.75 Å². The van der Waals surface area contributed by atoms with Crippen LogP contribution in [0.1, 0.15) is 10.4 Å². The van der Waals surface area contributed by atoms with Crippen LogP contribution in [0.2, 0.25) is 15.1 Å². The minimum atomic E-state index is -1.14. The van der Waals surface area contributed by atoms with Crippen molar-refractivity contribution in [3.05, 3.63) is 57.0 Å². The summed E-state index contributed by atoms with van der Waals surface area (Å²) in [7, 11) is 0. The molecule has 0 fully saturated rings. The number of para-hydroxylation sites is 1. The molecule has 23 heavy (non-hydrogen) atoms. The topological polar surface area (TPSA) is 75.6 Å². The van der Waals surface area contributed by atoms with E-state index in [-0.39, 0.29) is 38.7 Å². The van der Waals surface area contributed by atoms with Crippen LogP contribution in [0.5, 0.6) is 5.75 Å². The second-order valence-electron chi connectivity index (χ2n) is 4.38. The third kappa shape index (κ3) is 4.51. The van der Waals surface area contributed by atoms with Gasteiger partial charge in [-0.2, -0.15) is 0 Å². The van der Waals surface area contributed by atoms with Crippen LogP contribution in [-0.4, -0.2) is 23.6 Å². The van der Waals surface area contributed by atoms with E-state index in [0.29, 0.717) is 0 Å². The predicted octanol–water partition coefficient (Wildman–Crippen LogP) is 4.36. The minimum Gasteiger partial charge on any atom is -0.482 e. The molecule has 2 rings (SSSR count). The largest absolute Gasteiger partial charge is 0.482 e. The second kappa shape index (κ2) is 7.55. The number of ether oxygens (including phenoxy) is 1. The van der Waals surface area contributed by atoms with Gasteiger partial charge in [-0.25, -0.2) is 4.79 Å². The lowest BCUT2D eigenvalue weighted by Gasteiger charge is -2.11. The van der Waals surface area contributed by atoms with Crippen molar-refractivity contribution in [1.82, 2.24) is 0 Å². The molecule has 0 aliphatic carbocycles. The maximum absolute atomic E-state index is 11.9. The first-order valence-electron chi connectivity index (χ1n) is 6.28. The number of amides is 1. The molecule has 0 radical (unpaired) electrons. The molecule has 0 aliphatic rings. The third-order valence-electron chi connectivity index (χ3n) is 2.77. The number of nitrogens with one attached hydrogen (secondary N) is 1. The highest BCUT2D eigenvalue weighted by molar-refractivity contribution is 6.43. The SMILES string of the molecule is O=C(COc1cc(Cl)c(Cl)cc1Cl)Nc1ccccc1C(=O)O. The Morgan fingerprint density at radius 1 is 1.04 bits per heavy atom. The van der Waals surface area contributed by atoms with E-state index in [1.165, 1.54) is 24.3 Å². The van der Waals surface area contributed by atoms with Gasteiger partial charge < -0.3 is 15.2 Å². The highest BCUT2D eigenvalue weighted by atomic mass is 35.5. The molecule has 2 aromatic carbocycles. The van der Waals surface area contributed by atoms with Crippen LogP contribution in [-0.2, 0) is 4.79 Å². The Hall–Kier alpha value is -1.95. The first-order valence-corrected chi connectivity index (χ1v) is 7.41. The smallest absolute Gasteiger partial charge is 0.337 e. The summed E-state index contributed by atoms with van der Waals surface area (Å²) in [6.45, 7) is -0.369. The van der Waals surface area contributed by atoms with E-state index in [4.69, 9.17) is 44.6 Å². The highest BCUT2D eigenvalue weighted by Crippen LogP contribution is 2.33. The molecule has 0 aromatic heterocycles. The van der Waals surface area contributed by atoms with Crippen molar-refractivity contribution in [3.63, 3.8) is 0 Å². The number of benzene rings is 2. The Kier molecular flexibility index (Phi) is 5.71. The summed E-state index contributed by atoms with van der Waals surface area (Å²) in [5.41, 5.74) is 0.155. The van der Waals surface area contributed by atoms with E-state index in [1.54, 1.807) is 12.1 Å². The molecular formula is C15H10Cl3NO4. The van der Waals surface area contributed by atoms with Crippen LogP contribution in [0, 0.1) is 0 Å². The van der Waals surface area contributed by atoms with Crippen molar-refractivity contribution in [2.24, 2.45) is 0 Å². The molecule has 0 aliphatic heterocycles. The quantitative estimate of drug-likeness (QED) is 0.762. The zero-order chi connectivity index (χ0) is 17.0. The lowest BCUT2D eigenvalue weighted by atomic mass is 10.2. The van der Waals surface area contributed by atoms with Gasteiger partial charge in [0, 0.05) is 6.07 Å². The lowest BCUT2D eigenvalue weighted by Crippen LogP contribution is -2.21. The normalized spacial score (nSPS) is 10.2. The summed E-state index contributed by atoms with van der Waals surface area (Å²) in [4.78, 5) is 23.0. The van der Waals surface area contributed by atoms with Crippen LogP contribution in [0.15, 0.2) is 36.4 Å². The van der Waals surface area contributed by atoms with Crippen LogP contribution in [0.25, 0.3) is 0 Å². The number of aromatic carboxylic acids is 1. The van der Waals surface area contributed by atoms with Crippen molar-refractivity contribution in [2.45, 2.75) is 0 Å². The minimum absolute atomic E-state index is 0.0200. The van der Waals surface area contributed by atoms with Crippen LogP contribution < -0.4 is 10.1 Å². The maximum Gasteiger partial charge on any atom is 0.337 e. The van der Waals surface area contributed by atoms with E-state index in [0.717, 1.165) is 0 Å². The number of carbonyl (C=O) groups excluding carboxylic acids is 1. The zero-order valence-corrected chi connectivity index (χ0v) is 13.7. The standard InChI is InChI=1S/C15H10Cl3NO4/c16-9-5-11(18)13(6-10(9)17)23-7-14(20)19-12-4-2-1-3-8(12)15(21)22/h1-6H,7H2,(H,19,20)(H,21,22). The molecule has 120 valence electrons. The van der Waals surface area contributed by atoms with Gasteiger partial charge in [0.1, 0.15) is 5.75 Å². The van der Waals surface area contributed by atoms with Crippen molar-refractivity contribution in [1.29, 1.82) is 0 Å². The molecule has 2 N–H and O–H groups in total. The molecule has 0 heterocycles. The van der Waals surface area contributed by atoms with Crippen molar-refractivity contribution < 1.29 is 19.4 Å². The molecule has 0 bridgehead atoms. The van der Waals surface area contributed by atoms with Gasteiger partial charge in [0.15, 0.2) is 6.61 Å². The van der Waals surface area contributed by atoms with E-state index in [9.17, 15) is 9.59 Å². The fourth-order valence-corrected chi connectivity index (χ4v) is 2.31. The summed E-state index contributed by atoms with van der Waals surface area (Å²) >= 11 is 17.6. The first-order chi connectivity index (χ1) is 10.9. The number of hydrogen-bond donors (Lipinski definition) is 2. The maximum atomic E-state index is 11.9. The van der Waals surface area contributed by atoms with Gasteiger partial charge in [0.25, 0.3) is 5.91 Å². The average Bonchev–Trinajstić information content (AvgIpc) is 2.50. The summed E-state index contributed by atoms with van der Waals surface area (Å²) in [5, 5.41) is 12.2. The number of rotatable bonds is 5. The van der Waals surface area contributed by atoms with Gasteiger partial charge in [0.05, 0.1) is 26.3 Å². The summed E-state index contributed by atoms with van der Waals surface area (Å²) in [5.74, 6) is -1.49. The molecule has 0 unspecified atom stereocenters. The Morgan fingerprint density at radius 2 is 1.70 bits per heavy atom. The predicted molar refractivity (Wildman–Crippen MR) is 89.0 cm³/mol. The van der Waals surface area contributed by atoms with Gasteiger partial charge in [-0.1, -0.05) is 46.9 Å². The molecule has 8 heteroatoms. The van der Waals surface area contributed by atoms with Crippen LogP contribution in [0.4, 0.5) is 5.69 Å². The third-order valence-corrected chi connectivity index (χ3v) is 3.78. The Bertz CT molecular complexity index is 764. The zero-order valence-electron chi connectivity index (χ0n) is 11.5. The van der Waals surface area contributed by atoms with Crippen molar-refractivity contribution >= 4 is 52.4 Å². The van der Waals surface area contributed by atoms with E-state index < -0.39 is 11.9 Å². The summed E-state index contributed by atoms with van der Waals surface area (Å²) in [6.07, 6.45) is 0. The van der Waals surface area contributed by atoms with Crippen molar-refractivity contribution in [2.75, 3.05) is 11.9 Å². The van der Waals surface area contributed by atoms with Gasteiger partial charge >= 0.3 is 5.97 Å². The van der Waals surface area contributed by atoms with E-state index >= 15 is 0 Å². The fourth-order valence-electron chi connectivity index (χ4n) is 1.72. The number of carbonyl (C=O) groups is 2. The van der Waals surface area contributed by atoms with Gasteiger partial charge in [-0.3, -0.25) is 4.79 Å². The number of halogens is 3. The fraction of sp³-hybridized carbons (Fsp3) is 0.0667. The molecule has 1 amide bonds. The average molecular weight is 375 g/mol. The monoisotopic (exact) mass is 373 g/mol. The van der Waals surface area contributed by atoms with Gasteiger partial charge in [-0.15, -0.1) is 0 Å². The van der Waals surface area contributed by atoms with Crippen LogP contribution >= 0.6 is 34.8 Å². The molecule has 5 nitrogen and oxygen atoms in total. The Balaban J connectivity index is 2.04. The summed E-state index contributed by atoms with van der Waals surface area (Å²) in [6, 6.07) is 8.83. The van der Waals surface area contributed by atoms with E-state index in [1.807, 2.05) is 0 Å². The highest BCUT2D eigenvalue weighted by Gasteiger charge is 2.13. The lowest BCUT2D eigenvalue weighted by molar-refractivity contribution is -0.118. The van der Waals surface area contributed by atoms with Gasteiger partial charge in [0.2, 0.25) is 0 Å². The van der Waals surface area contributed by atoms with E-state index in [2.05, 4.69) is 5.32 Å². The number of carboxylic acid groups (broad SMARTS) is 1. The molecular weight excluding hydrogens is 365 g/mol.